The van der Waals surface area contributed by atoms with Crippen LogP contribution in [0.1, 0.15) is 55.5 Å². The lowest BCUT2D eigenvalue weighted by Gasteiger charge is -2.29. The number of unbranched alkanes of at least 4 members (excludes halogenated alkanes) is 1. The molecule has 1 aliphatic heterocycles. The molecule has 0 aliphatic carbocycles. The van der Waals surface area contributed by atoms with Crippen LogP contribution in [0.25, 0.3) is 0 Å². The molecule has 188 valence electrons. The van der Waals surface area contributed by atoms with Crippen molar-refractivity contribution in [3.63, 3.8) is 0 Å². The standard InChI is InChI=1S/C25H30ClN3O5S/c1-3-4-15-27-24(31)18(2)28(17-19-11-13-20(26)14-12-19)23(30)10-7-16-29-25(32)21-8-5-6-9-22(21)35(29,33)34/h5-6,8-9,11-14,18H,3-4,7,10,15-17H2,1-2H3,(H,27,31). The third-order valence-corrected chi connectivity index (χ3v) is 8.02. The normalized spacial score (nSPS) is 14.9. The van der Waals surface area contributed by atoms with Gasteiger partial charge in [-0.05, 0) is 49.6 Å². The maximum atomic E-state index is 13.2. The molecule has 1 aliphatic rings. The molecule has 1 atom stereocenters. The Morgan fingerprint density at radius 1 is 1.09 bits per heavy atom. The predicted octanol–water partition coefficient (Wildman–Crippen LogP) is 3.60. The molecule has 0 radical (unpaired) electrons. The quantitative estimate of drug-likeness (QED) is 0.457. The fourth-order valence-electron chi connectivity index (χ4n) is 3.87. The van der Waals surface area contributed by atoms with Crippen molar-refractivity contribution in [2.75, 3.05) is 13.1 Å². The summed E-state index contributed by atoms with van der Waals surface area (Å²) in [6, 6.07) is 12.3. The van der Waals surface area contributed by atoms with E-state index in [9.17, 15) is 22.8 Å². The number of carbonyl (C=O) groups is 3. The SMILES string of the molecule is CCCCNC(=O)C(C)N(Cc1ccc(Cl)cc1)C(=O)CCCN1C(=O)c2ccccc2S1(=O)=O. The second kappa shape index (κ2) is 11.7. The molecule has 1 heterocycles. The zero-order chi connectivity index (χ0) is 25.6. The smallest absolute Gasteiger partial charge is 0.269 e. The second-order valence-corrected chi connectivity index (χ2v) is 10.7. The predicted molar refractivity (Wildman–Crippen MR) is 133 cm³/mol. The summed E-state index contributed by atoms with van der Waals surface area (Å²) in [6.07, 6.45) is 1.89. The maximum Gasteiger partial charge on any atom is 0.269 e. The van der Waals surface area contributed by atoms with Gasteiger partial charge in [-0.25, -0.2) is 12.7 Å². The van der Waals surface area contributed by atoms with Gasteiger partial charge in [0.2, 0.25) is 11.8 Å². The molecule has 0 fully saturated rings. The van der Waals surface area contributed by atoms with Crippen molar-refractivity contribution in [2.45, 2.75) is 57.0 Å². The number of nitrogens with zero attached hydrogens (tertiary/aromatic N) is 2. The van der Waals surface area contributed by atoms with Crippen LogP contribution < -0.4 is 5.32 Å². The van der Waals surface area contributed by atoms with Gasteiger partial charge in [0, 0.05) is 31.1 Å². The summed E-state index contributed by atoms with van der Waals surface area (Å²) in [4.78, 5) is 39.9. The van der Waals surface area contributed by atoms with Crippen molar-refractivity contribution >= 4 is 39.3 Å². The summed E-state index contributed by atoms with van der Waals surface area (Å²) in [7, 11) is -3.93. The first-order valence-electron chi connectivity index (χ1n) is 11.6. The van der Waals surface area contributed by atoms with Crippen molar-refractivity contribution in [1.82, 2.24) is 14.5 Å². The van der Waals surface area contributed by atoms with Gasteiger partial charge >= 0.3 is 0 Å². The average molecular weight is 520 g/mol. The molecule has 35 heavy (non-hydrogen) atoms. The van der Waals surface area contributed by atoms with E-state index >= 15 is 0 Å². The van der Waals surface area contributed by atoms with Gasteiger partial charge in [0.05, 0.1) is 5.56 Å². The van der Waals surface area contributed by atoms with Crippen molar-refractivity contribution in [1.29, 1.82) is 0 Å². The Hall–Kier alpha value is -2.91. The summed E-state index contributed by atoms with van der Waals surface area (Å²) in [5, 5.41) is 3.42. The van der Waals surface area contributed by atoms with Crippen LogP contribution in [0.4, 0.5) is 0 Å². The summed E-state index contributed by atoms with van der Waals surface area (Å²) in [5.74, 6) is -1.15. The van der Waals surface area contributed by atoms with E-state index in [1.807, 2.05) is 6.92 Å². The van der Waals surface area contributed by atoms with Gasteiger partial charge in [0.1, 0.15) is 10.9 Å². The highest BCUT2D eigenvalue weighted by atomic mass is 35.5. The Kier molecular flexibility index (Phi) is 8.91. The lowest BCUT2D eigenvalue weighted by atomic mass is 10.1. The van der Waals surface area contributed by atoms with E-state index in [1.165, 1.54) is 17.0 Å². The molecule has 0 spiro atoms. The Balaban J connectivity index is 1.68. The van der Waals surface area contributed by atoms with Crippen molar-refractivity contribution in [2.24, 2.45) is 0 Å². The molecule has 1 unspecified atom stereocenters. The number of fused-ring (bicyclic) bond motifs is 1. The van der Waals surface area contributed by atoms with Crippen LogP contribution in [0, 0.1) is 0 Å². The Bertz CT molecular complexity index is 1180. The van der Waals surface area contributed by atoms with Gasteiger partial charge in [-0.2, -0.15) is 0 Å². The molecule has 3 rings (SSSR count). The van der Waals surface area contributed by atoms with E-state index in [0.29, 0.717) is 11.6 Å². The highest BCUT2D eigenvalue weighted by Gasteiger charge is 2.40. The number of benzene rings is 2. The zero-order valence-electron chi connectivity index (χ0n) is 19.9. The van der Waals surface area contributed by atoms with Gasteiger partial charge in [0.15, 0.2) is 0 Å². The molecule has 2 aromatic rings. The fraction of sp³-hybridized carbons (Fsp3) is 0.400. The molecule has 0 aromatic heterocycles. The van der Waals surface area contributed by atoms with E-state index < -0.39 is 22.0 Å². The van der Waals surface area contributed by atoms with Crippen molar-refractivity contribution in [3.05, 3.63) is 64.7 Å². The van der Waals surface area contributed by atoms with E-state index in [-0.39, 0.29) is 48.2 Å². The Labute approximate surface area is 211 Å². The zero-order valence-corrected chi connectivity index (χ0v) is 21.4. The largest absolute Gasteiger partial charge is 0.354 e. The minimum absolute atomic E-state index is 0.0157. The molecular formula is C25H30ClN3O5S. The molecule has 10 heteroatoms. The first-order chi connectivity index (χ1) is 16.7. The number of nitrogens with one attached hydrogen (secondary N) is 1. The van der Waals surface area contributed by atoms with Gasteiger partial charge in [-0.3, -0.25) is 14.4 Å². The molecule has 3 amide bonds. The first kappa shape index (κ1) is 26.7. The third kappa shape index (κ3) is 6.21. The average Bonchev–Trinajstić information content (AvgIpc) is 3.04. The van der Waals surface area contributed by atoms with Gasteiger partial charge < -0.3 is 10.2 Å². The molecular weight excluding hydrogens is 490 g/mol. The number of amides is 3. The minimum atomic E-state index is -3.93. The molecule has 0 saturated heterocycles. The summed E-state index contributed by atoms with van der Waals surface area (Å²) >= 11 is 5.97. The van der Waals surface area contributed by atoms with Crippen LogP contribution in [0.2, 0.25) is 5.02 Å². The molecule has 0 bridgehead atoms. The second-order valence-electron chi connectivity index (χ2n) is 8.45. The Morgan fingerprint density at radius 2 is 1.77 bits per heavy atom. The van der Waals surface area contributed by atoms with Gasteiger partial charge in [0.25, 0.3) is 15.9 Å². The monoisotopic (exact) mass is 519 g/mol. The highest BCUT2D eigenvalue weighted by molar-refractivity contribution is 7.90. The summed E-state index contributed by atoms with van der Waals surface area (Å²) in [5.41, 5.74) is 0.948. The van der Waals surface area contributed by atoms with Crippen molar-refractivity contribution in [3.8, 4) is 0 Å². The van der Waals surface area contributed by atoms with Crippen LogP contribution in [0.15, 0.2) is 53.4 Å². The third-order valence-electron chi connectivity index (χ3n) is 5.93. The first-order valence-corrected chi connectivity index (χ1v) is 13.5. The summed E-state index contributed by atoms with van der Waals surface area (Å²) in [6.45, 7) is 4.30. The number of halogens is 1. The lowest BCUT2D eigenvalue weighted by molar-refractivity contribution is -0.140. The Morgan fingerprint density at radius 3 is 2.43 bits per heavy atom. The van der Waals surface area contributed by atoms with Gasteiger partial charge in [-0.15, -0.1) is 0 Å². The minimum Gasteiger partial charge on any atom is -0.354 e. The van der Waals surface area contributed by atoms with Crippen LogP contribution in [-0.2, 0) is 26.2 Å². The number of hydrogen-bond donors (Lipinski definition) is 1. The number of hydrogen-bond acceptors (Lipinski definition) is 5. The van der Waals surface area contributed by atoms with Crippen LogP contribution in [0.5, 0.6) is 0 Å². The van der Waals surface area contributed by atoms with Crippen LogP contribution in [-0.4, -0.2) is 54.5 Å². The van der Waals surface area contributed by atoms with Crippen molar-refractivity contribution < 1.29 is 22.8 Å². The molecule has 1 N–H and O–H groups in total. The molecule has 2 aromatic carbocycles. The van der Waals surface area contributed by atoms with E-state index in [4.69, 9.17) is 11.6 Å². The van der Waals surface area contributed by atoms with Crippen LogP contribution in [0.3, 0.4) is 0 Å². The van der Waals surface area contributed by atoms with E-state index in [0.717, 1.165) is 22.7 Å². The highest BCUT2D eigenvalue weighted by Crippen LogP contribution is 2.30. The number of carbonyl (C=O) groups excluding carboxylic acids is 3. The molecule has 8 nitrogen and oxygen atoms in total. The maximum absolute atomic E-state index is 13.2. The number of rotatable bonds is 11. The topological polar surface area (TPSA) is 104 Å². The molecule has 0 saturated carbocycles. The van der Waals surface area contributed by atoms with Gasteiger partial charge in [-0.1, -0.05) is 49.2 Å². The summed E-state index contributed by atoms with van der Waals surface area (Å²) < 4.78 is 26.3. The van der Waals surface area contributed by atoms with E-state index in [2.05, 4.69) is 5.32 Å². The van der Waals surface area contributed by atoms with Crippen LogP contribution >= 0.6 is 11.6 Å². The fourth-order valence-corrected chi connectivity index (χ4v) is 5.61. The lowest BCUT2D eigenvalue weighted by Crippen LogP contribution is -2.47. The van der Waals surface area contributed by atoms with E-state index in [1.54, 1.807) is 43.3 Å². The number of sulfonamides is 1.